The summed E-state index contributed by atoms with van der Waals surface area (Å²) >= 11 is 0.964. The molecule has 1 aromatic carbocycles. The molecule has 35 heavy (non-hydrogen) atoms. The number of benzene rings is 1. The Balaban J connectivity index is 0.00000342. The minimum absolute atomic E-state index is 0. The van der Waals surface area contributed by atoms with E-state index < -0.39 is 41.0 Å². The molecular formula is C20H15F6N5O2S2. The lowest BCUT2D eigenvalue weighted by atomic mass is 9.98. The summed E-state index contributed by atoms with van der Waals surface area (Å²) in [6.07, 6.45) is -6.05. The number of hydrogen-bond donors (Lipinski definition) is 1. The van der Waals surface area contributed by atoms with Crippen LogP contribution in [-0.2, 0) is 12.4 Å². The minimum Gasteiger partial charge on any atom is -0.462 e. The molecule has 3 aromatic heterocycles. The van der Waals surface area contributed by atoms with Crippen molar-refractivity contribution in [2.75, 3.05) is 5.32 Å². The Labute approximate surface area is 204 Å². The second-order valence-corrected chi connectivity index (χ2v) is 8.00. The summed E-state index contributed by atoms with van der Waals surface area (Å²) in [5, 5.41) is 14.5. The fraction of sp³-hybridized carbons (Fsp3) is 0.200. The number of alkyl halides is 6. The summed E-state index contributed by atoms with van der Waals surface area (Å²) in [6.45, 7) is 1.34. The zero-order valence-electron chi connectivity index (χ0n) is 17.5. The molecular weight excluding hydrogens is 520 g/mol. The molecule has 0 spiro atoms. The van der Waals surface area contributed by atoms with E-state index in [1.54, 1.807) is 12.1 Å². The molecule has 0 bridgehead atoms. The van der Waals surface area contributed by atoms with Gasteiger partial charge in [-0.05, 0) is 36.8 Å². The number of nitrogens with zero attached hydrogens (tertiary/aromatic N) is 4. The zero-order chi connectivity index (χ0) is 24.7. The molecule has 186 valence electrons. The van der Waals surface area contributed by atoms with Crippen LogP contribution in [0.1, 0.15) is 39.5 Å². The van der Waals surface area contributed by atoms with E-state index >= 15 is 0 Å². The second kappa shape index (κ2) is 9.73. The van der Waals surface area contributed by atoms with E-state index in [9.17, 15) is 31.1 Å². The topological polar surface area (TPSA) is 85.8 Å². The number of furan rings is 1. The zero-order valence-corrected chi connectivity index (χ0v) is 19.3. The molecule has 7 nitrogen and oxygen atoms in total. The predicted molar refractivity (Wildman–Crippen MR) is 118 cm³/mol. The van der Waals surface area contributed by atoms with Crippen molar-refractivity contribution in [2.45, 2.75) is 25.3 Å². The third-order valence-corrected chi connectivity index (χ3v) is 5.68. The average Bonchev–Trinajstić information content (AvgIpc) is 3.52. The van der Waals surface area contributed by atoms with Gasteiger partial charge in [-0.25, -0.2) is 0 Å². The summed E-state index contributed by atoms with van der Waals surface area (Å²) in [5.41, 5.74) is -3.09. The Morgan fingerprint density at radius 3 is 2.49 bits per heavy atom. The molecule has 0 saturated carbocycles. The third kappa shape index (κ3) is 5.67. The summed E-state index contributed by atoms with van der Waals surface area (Å²) in [7, 11) is 0. The number of anilines is 1. The van der Waals surface area contributed by atoms with Crippen LogP contribution in [0.2, 0.25) is 0 Å². The number of hydrogen-bond acceptors (Lipinski definition) is 6. The number of amides is 1. The van der Waals surface area contributed by atoms with Crippen LogP contribution in [0.3, 0.4) is 0 Å². The van der Waals surface area contributed by atoms with Gasteiger partial charge in [0.1, 0.15) is 0 Å². The quantitative estimate of drug-likeness (QED) is 0.317. The van der Waals surface area contributed by atoms with Crippen LogP contribution in [0, 0.1) is 0 Å². The van der Waals surface area contributed by atoms with Gasteiger partial charge in [0, 0.05) is 6.20 Å². The molecule has 0 aliphatic rings. The molecule has 3 heterocycles. The van der Waals surface area contributed by atoms with Crippen LogP contribution in [0.25, 0.3) is 10.8 Å². The highest BCUT2D eigenvalue weighted by Gasteiger charge is 2.39. The largest absolute Gasteiger partial charge is 0.462 e. The molecule has 0 aliphatic carbocycles. The maximum Gasteiger partial charge on any atom is 0.416 e. The second-order valence-electron chi connectivity index (χ2n) is 7.03. The highest BCUT2D eigenvalue weighted by atomic mass is 32.1. The number of rotatable bonds is 5. The van der Waals surface area contributed by atoms with Crippen LogP contribution in [-0.4, -0.2) is 25.9 Å². The number of halogens is 6. The van der Waals surface area contributed by atoms with Crippen LogP contribution in [0.4, 0.5) is 32.0 Å². The van der Waals surface area contributed by atoms with Crippen LogP contribution in [0.5, 0.6) is 0 Å². The Bertz CT molecular complexity index is 1310. The van der Waals surface area contributed by atoms with Crippen LogP contribution in [0.15, 0.2) is 53.4 Å². The molecule has 1 N–H and O–H groups in total. The van der Waals surface area contributed by atoms with Gasteiger partial charge >= 0.3 is 12.4 Å². The lowest BCUT2D eigenvalue weighted by molar-refractivity contribution is -0.143. The molecule has 0 unspecified atom stereocenters. The molecule has 0 radical (unpaired) electrons. The van der Waals surface area contributed by atoms with Gasteiger partial charge in [-0.2, -0.15) is 44.9 Å². The van der Waals surface area contributed by atoms with E-state index in [0.717, 1.165) is 22.1 Å². The van der Waals surface area contributed by atoms with E-state index in [1.807, 2.05) is 0 Å². The van der Waals surface area contributed by atoms with Crippen molar-refractivity contribution in [3.63, 3.8) is 0 Å². The highest BCUT2D eigenvalue weighted by molar-refractivity contribution is 7.59. The minimum atomic E-state index is -5.02. The molecule has 15 heteroatoms. The van der Waals surface area contributed by atoms with Gasteiger partial charge in [0.15, 0.2) is 10.8 Å². The maximum atomic E-state index is 13.5. The standard InChI is InChI=1S/C20H13F6N5O2S.H2S/c1-10(13-5-4-11(19(21,22)23)7-14(13)20(24,25)26)31-9-12(8-27-31)28-16(32)18-30-29-17(34-18)15-3-2-6-33-15;/h2-10H,1H3,(H,28,32);1H2/t10-;/m0./s1. The fourth-order valence-electron chi connectivity index (χ4n) is 3.10. The van der Waals surface area contributed by atoms with Gasteiger partial charge in [0.2, 0.25) is 5.01 Å². The molecule has 0 aliphatic heterocycles. The molecule has 0 fully saturated rings. The van der Waals surface area contributed by atoms with Crippen molar-refractivity contribution in [3.05, 3.63) is 70.7 Å². The van der Waals surface area contributed by atoms with Crippen molar-refractivity contribution in [2.24, 2.45) is 0 Å². The Morgan fingerprint density at radius 1 is 1.11 bits per heavy atom. The highest BCUT2D eigenvalue weighted by Crippen LogP contribution is 2.39. The van der Waals surface area contributed by atoms with Gasteiger partial charge in [0.05, 0.1) is 35.3 Å². The van der Waals surface area contributed by atoms with Crippen molar-refractivity contribution in [1.29, 1.82) is 0 Å². The van der Waals surface area contributed by atoms with E-state index in [4.69, 9.17) is 4.42 Å². The van der Waals surface area contributed by atoms with Gasteiger partial charge in [-0.3, -0.25) is 9.48 Å². The van der Waals surface area contributed by atoms with Gasteiger partial charge in [0.25, 0.3) is 5.91 Å². The van der Waals surface area contributed by atoms with Gasteiger partial charge < -0.3 is 9.73 Å². The van der Waals surface area contributed by atoms with Crippen LogP contribution >= 0.6 is 24.8 Å². The summed E-state index contributed by atoms with van der Waals surface area (Å²) in [5.74, 6) is -0.205. The fourth-order valence-corrected chi connectivity index (χ4v) is 3.81. The first-order chi connectivity index (χ1) is 15.9. The van der Waals surface area contributed by atoms with Crippen molar-refractivity contribution >= 4 is 36.4 Å². The molecule has 4 aromatic rings. The van der Waals surface area contributed by atoms with Gasteiger partial charge in [-0.1, -0.05) is 17.4 Å². The van der Waals surface area contributed by atoms with Gasteiger partial charge in [-0.15, -0.1) is 10.2 Å². The van der Waals surface area contributed by atoms with E-state index in [1.165, 1.54) is 25.6 Å². The van der Waals surface area contributed by atoms with Crippen molar-refractivity contribution in [3.8, 4) is 10.8 Å². The van der Waals surface area contributed by atoms with E-state index in [2.05, 4.69) is 20.6 Å². The van der Waals surface area contributed by atoms with Crippen molar-refractivity contribution in [1.82, 2.24) is 20.0 Å². The Hall–Kier alpha value is -3.33. The van der Waals surface area contributed by atoms with E-state index in [-0.39, 0.29) is 30.3 Å². The Kier molecular flexibility index (Phi) is 7.31. The monoisotopic (exact) mass is 535 g/mol. The Morgan fingerprint density at radius 2 is 1.86 bits per heavy atom. The summed E-state index contributed by atoms with van der Waals surface area (Å²) in [4.78, 5) is 12.4. The van der Waals surface area contributed by atoms with E-state index in [0.29, 0.717) is 16.8 Å². The lowest BCUT2D eigenvalue weighted by Gasteiger charge is -2.20. The normalized spacial score (nSPS) is 12.8. The maximum absolute atomic E-state index is 13.5. The summed E-state index contributed by atoms with van der Waals surface area (Å²) in [6, 6.07) is 3.63. The smallest absolute Gasteiger partial charge is 0.416 e. The molecule has 1 atom stereocenters. The number of carbonyl (C=O) groups is 1. The molecule has 0 saturated heterocycles. The number of carbonyl (C=O) groups excluding carboxylic acids is 1. The average molecular weight is 535 g/mol. The predicted octanol–water partition coefficient (Wildman–Crippen LogP) is 6.01. The van der Waals surface area contributed by atoms with Crippen molar-refractivity contribution < 1.29 is 35.6 Å². The number of aromatic nitrogens is 4. The lowest BCUT2D eigenvalue weighted by Crippen LogP contribution is -2.17. The number of nitrogens with one attached hydrogen (secondary N) is 1. The summed E-state index contributed by atoms with van der Waals surface area (Å²) < 4.78 is 85.5. The molecule has 1 amide bonds. The van der Waals surface area contributed by atoms with Crippen LogP contribution < -0.4 is 5.32 Å². The first-order valence-corrected chi connectivity index (χ1v) is 10.3. The first kappa shape index (κ1) is 26.3. The SMILES string of the molecule is C[C@@H](c1ccc(C(F)(F)F)cc1C(F)(F)F)n1cc(NC(=O)c2nnc(-c3ccco3)s2)cn1.S. The third-order valence-electron chi connectivity index (χ3n) is 4.74. The molecule has 4 rings (SSSR count). The first-order valence-electron chi connectivity index (χ1n) is 9.44.